The summed E-state index contributed by atoms with van der Waals surface area (Å²) in [5, 5.41) is 16.8. The predicted molar refractivity (Wildman–Crippen MR) is 270 cm³/mol. The summed E-state index contributed by atoms with van der Waals surface area (Å²) < 4.78 is 14.2. The number of dihydropyridines is 1. The Hall–Kier alpha value is -6.02. The average molecular weight is 961 g/mol. The van der Waals surface area contributed by atoms with E-state index in [1.165, 1.54) is 9.91 Å². The number of aromatic nitrogens is 1. The number of nitrogens with one attached hydrogen (secondary N) is 2. The average Bonchev–Trinajstić information content (AvgIpc) is 3.92. The van der Waals surface area contributed by atoms with Crippen molar-refractivity contribution in [3.63, 3.8) is 0 Å². The van der Waals surface area contributed by atoms with E-state index in [2.05, 4.69) is 73.1 Å². The van der Waals surface area contributed by atoms with Crippen LogP contribution < -0.4 is 10.7 Å². The molecule has 16 nitrogen and oxygen atoms in total. The summed E-state index contributed by atoms with van der Waals surface area (Å²) in [6, 6.07) is 8.56. The maximum atomic E-state index is 14.8. The number of hydrogen-bond donors (Lipinski definition) is 3. The number of aryl methyl sites for hydroxylation is 1. The van der Waals surface area contributed by atoms with Crippen LogP contribution in [0.25, 0.3) is 22.0 Å². The van der Waals surface area contributed by atoms with E-state index in [1.54, 1.807) is 31.2 Å². The van der Waals surface area contributed by atoms with Gasteiger partial charge in [0.1, 0.15) is 23.9 Å². The fourth-order valence-corrected chi connectivity index (χ4v) is 10.7. The number of esters is 1. The summed E-state index contributed by atoms with van der Waals surface area (Å²) in [5.74, 6) is 2.39. The van der Waals surface area contributed by atoms with E-state index in [1.807, 2.05) is 57.3 Å². The van der Waals surface area contributed by atoms with Gasteiger partial charge in [0.05, 0.1) is 31.2 Å². The Kier molecular flexibility index (Phi) is 15.9. The molecular formula is C54H72N8O8. The third-order valence-electron chi connectivity index (χ3n) is 14.1. The zero-order valence-electron chi connectivity index (χ0n) is 42.6. The number of fused-ring (bicyclic) bond motifs is 6. The highest BCUT2D eigenvalue weighted by Crippen LogP contribution is 2.44. The maximum absolute atomic E-state index is 14.8. The maximum Gasteiger partial charge on any atom is 0.324 e. The van der Waals surface area contributed by atoms with Crippen molar-refractivity contribution in [2.24, 2.45) is 22.2 Å². The van der Waals surface area contributed by atoms with Crippen molar-refractivity contribution in [3.8, 4) is 28.7 Å². The third-order valence-corrected chi connectivity index (χ3v) is 14.1. The van der Waals surface area contributed by atoms with E-state index in [0.717, 1.165) is 33.3 Å². The highest BCUT2D eigenvalue weighted by Gasteiger charge is 2.42. The number of methoxy groups -OCH3 is 1. The van der Waals surface area contributed by atoms with Gasteiger partial charge in [-0.2, -0.15) is 0 Å². The summed E-state index contributed by atoms with van der Waals surface area (Å²) in [7, 11) is 7.01. The summed E-state index contributed by atoms with van der Waals surface area (Å²) in [5.41, 5.74) is 7.42. The Balaban J connectivity index is 1.26. The number of benzene rings is 2. The van der Waals surface area contributed by atoms with Crippen molar-refractivity contribution in [2.75, 3.05) is 67.6 Å². The second-order valence-corrected chi connectivity index (χ2v) is 21.1. The number of phenols is 1. The van der Waals surface area contributed by atoms with Gasteiger partial charge >= 0.3 is 5.97 Å². The molecule has 3 aromatic rings. The van der Waals surface area contributed by atoms with Crippen LogP contribution in [0.15, 0.2) is 53.5 Å². The number of carbonyl (C=O) groups excluding carboxylic acids is 5. The van der Waals surface area contributed by atoms with Crippen molar-refractivity contribution in [3.05, 3.63) is 65.4 Å². The fourth-order valence-electron chi connectivity index (χ4n) is 10.7. The molecule has 2 saturated heterocycles. The molecule has 6 bridgehead atoms. The minimum Gasteiger partial charge on any atom is -0.508 e. The number of hydrazine groups is 1. The van der Waals surface area contributed by atoms with Crippen LogP contribution in [-0.2, 0) is 52.8 Å². The van der Waals surface area contributed by atoms with Gasteiger partial charge in [0.2, 0.25) is 11.8 Å². The number of amides is 4. The molecule has 0 saturated carbocycles. The van der Waals surface area contributed by atoms with Gasteiger partial charge in [0.25, 0.3) is 11.8 Å². The first-order chi connectivity index (χ1) is 33.2. The van der Waals surface area contributed by atoms with Crippen molar-refractivity contribution < 1.29 is 38.6 Å². The molecule has 6 atom stereocenters. The summed E-state index contributed by atoms with van der Waals surface area (Å²) in [4.78, 5) is 80.2. The Morgan fingerprint density at radius 3 is 2.54 bits per heavy atom. The van der Waals surface area contributed by atoms with E-state index in [4.69, 9.17) is 14.5 Å². The molecule has 4 amide bonds. The van der Waals surface area contributed by atoms with Gasteiger partial charge in [0, 0.05) is 80.9 Å². The molecule has 376 valence electrons. The highest BCUT2D eigenvalue weighted by molar-refractivity contribution is 5.96. The lowest BCUT2D eigenvalue weighted by molar-refractivity contribution is -0.155. The Morgan fingerprint density at radius 1 is 1.06 bits per heavy atom. The minimum absolute atomic E-state index is 0.00898. The number of aromatic hydroxyl groups is 1. The number of cyclic esters (lactones) is 1. The van der Waals surface area contributed by atoms with E-state index in [0.29, 0.717) is 57.5 Å². The first-order valence-corrected chi connectivity index (χ1v) is 24.7. The lowest BCUT2D eigenvalue weighted by Gasteiger charge is -2.37. The number of likely N-dealkylation sites (tertiary alicyclic amines) is 1. The number of nitrogens with zero attached hydrogens (tertiary/aromatic N) is 6. The molecule has 1 aromatic heterocycles. The van der Waals surface area contributed by atoms with Crippen LogP contribution in [0.2, 0.25) is 0 Å². The molecule has 4 aliphatic heterocycles. The van der Waals surface area contributed by atoms with Gasteiger partial charge in [-0.3, -0.25) is 38.9 Å². The summed E-state index contributed by atoms with van der Waals surface area (Å²) in [6.07, 6.45) is 7.94. The van der Waals surface area contributed by atoms with Crippen molar-refractivity contribution in [1.82, 2.24) is 35.0 Å². The Morgan fingerprint density at radius 2 is 1.83 bits per heavy atom. The van der Waals surface area contributed by atoms with Crippen LogP contribution in [0, 0.1) is 29.1 Å². The molecule has 4 aliphatic rings. The van der Waals surface area contributed by atoms with Gasteiger partial charge < -0.3 is 34.3 Å². The number of aliphatic imine (C=N–C) groups is 1. The number of ether oxygens (including phenoxy) is 2. The molecule has 16 heteroatoms. The van der Waals surface area contributed by atoms with Crippen LogP contribution in [0.3, 0.4) is 0 Å². The molecule has 2 fully saturated rings. The summed E-state index contributed by atoms with van der Waals surface area (Å²) in [6.45, 7) is 14.6. The molecule has 0 spiro atoms. The number of carbonyl (C=O) groups is 5. The van der Waals surface area contributed by atoms with E-state index in [-0.39, 0.29) is 55.5 Å². The van der Waals surface area contributed by atoms with Gasteiger partial charge in [0.15, 0.2) is 0 Å². The smallest absolute Gasteiger partial charge is 0.324 e. The molecular weight excluding hydrogens is 889 g/mol. The fraction of sp³-hybridized carbons (Fsp3) is 0.556. The van der Waals surface area contributed by atoms with Gasteiger partial charge in [-0.05, 0) is 118 Å². The van der Waals surface area contributed by atoms with Crippen LogP contribution in [-0.4, -0.2) is 157 Å². The highest BCUT2D eigenvalue weighted by atomic mass is 16.5. The van der Waals surface area contributed by atoms with E-state index >= 15 is 0 Å². The van der Waals surface area contributed by atoms with E-state index < -0.39 is 52.8 Å². The standard InChI is InChI=1S/C54H72N8O8/c1-11-61-45-19-18-36-29-40(45)41(48(61)42-15-12-21-55-54(42,6)33-69-10)30-53(4,5)32-70-52(68)43-16-13-23-62(57-43)51(67)44(27-35-25-38(36)28-39(63)26-35)56-49(65)47(34(2)3)59(9)50(66)37-20-24-60(31-37)46(64)17-14-22-58(7)8/h12,15,18-19,21,25-26,28-29,34,37,42-44,47,57,63H,11,13,16,20,22-24,27,30-33H2,1-10H3,(H,56,65)/t37-,42?,43-,44-,47-,54?/m0/s1. The number of phenolic OH excluding ortho intramolecular Hbond substituents is 1. The SMILES string of the molecule is CCn1c(C2C=CC=NC2(C)COC)c2c3cc(ccc31)-c1cc(O)cc(c1)C[C@H](NC(=O)[C@H](C(C)C)N(C)C(=O)[C@H]1CCN(C(=O)C#CCN(C)C)C1)C(=O)N1CCC[C@H](N1)C(=O)OCC(C)(C)C2. The molecule has 2 aromatic carbocycles. The first kappa shape index (κ1) is 51.8. The normalized spacial score (nSPS) is 24.0. The van der Waals surface area contributed by atoms with Crippen molar-refractivity contribution >= 4 is 46.7 Å². The zero-order chi connectivity index (χ0) is 50.7. The number of hydrogen-bond acceptors (Lipinski definition) is 11. The van der Waals surface area contributed by atoms with Crippen LogP contribution in [0.5, 0.6) is 5.75 Å². The lowest BCUT2D eigenvalue weighted by Crippen LogP contribution is -2.62. The van der Waals surface area contributed by atoms with Gasteiger partial charge in [-0.1, -0.05) is 51.8 Å². The number of allylic oxidation sites excluding steroid dienone is 1. The molecule has 2 unspecified atom stereocenters. The van der Waals surface area contributed by atoms with Crippen molar-refractivity contribution in [2.45, 2.75) is 110 Å². The lowest BCUT2D eigenvalue weighted by atomic mass is 9.77. The largest absolute Gasteiger partial charge is 0.508 e. The number of likely N-dealkylation sites (N-methyl/N-ethyl adjacent to an activating group) is 1. The molecule has 0 aliphatic carbocycles. The minimum atomic E-state index is -1.17. The van der Waals surface area contributed by atoms with Crippen LogP contribution in [0.1, 0.15) is 83.5 Å². The van der Waals surface area contributed by atoms with Gasteiger partial charge in [-0.25, -0.2) is 5.43 Å². The zero-order valence-corrected chi connectivity index (χ0v) is 42.6. The quantitative estimate of drug-likeness (QED) is 0.191. The molecule has 5 heterocycles. The molecule has 7 rings (SSSR count). The Bertz CT molecular complexity index is 2610. The van der Waals surface area contributed by atoms with Crippen LogP contribution >= 0.6 is 0 Å². The molecule has 3 N–H and O–H groups in total. The summed E-state index contributed by atoms with van der Waals surface area (Å²) >= 11 is 0. The van der Waals surface area contributed by atoms with E-state index in [9.17, 15) is 29.1 Å². The molecule has 0 radical (unpaired) electrons. The Labute approximate surface area is 412 Å². The molecule has 70 heavy (non-hydrogen) atoms. The number of rotatable bonds is 10. The predicted octanol–water partition coefficient (Wildman–Crippen LogP) is 4.71. The second kappa shape index (κ2) is 21.5. The topological polar surface area (TPSA) is 178 Å². The van der Waals surface area contributed by atoms with Crippen molar-refractivity contribution in [1.29, 1.82) is 0 Å². The van der Waals surface area contributed by atoms with Gasteiger partial charge in [-0.15, -0.1) is 0 Å². The van der Waals surface area contributed by atoms with Crippen LogP contribution in [0.4, 0.5) is 0 Å². The monoisotopic (exact) mass is 961 g/mol. The first-order valence-electron chi connectivity index (χ1n) is 24.7. The third kappa shape index (κ3) is 11.3. The second-order valence-electron chi connectivity index (χ2n) is 21.1.